The van der Waals surface area contributed by atoms with Crippen LogP contribution in [0, 0.1) is 0 Å². The average Bonchev–Trinajstić information content (AvgIpc) is 3.11. The Balaban J connectivity index is 1.65. The topological polar surface area (TPSA) is 38.0 Å². The number of hydrogen-bond donors (Lipinski definition) is 1. The highest BCUT2D eigenvalue weighted by atomic mass is 16.3. The number of aromatic nitrogens is 2. The zero-order valence-corrected chi connectivity index (χ0v) is 16.1. The van der Waals surface area contributed by atoms with Gasteiger partial charge >= 0.3 is 0 Å². The van der Waals surface area contributed by atoms with Gasteiger partial charge in [0.1, 0.15) is 11.6 Å². The highest BCUT2D eigenvalue weighted by Crippen LogP contribution is 2.35. The first kappa shape index (κ1) is 17.3. The van der Waals surface area contributed by atoms with Gasteiger partial charge in [0.05, 0.1) is 16.6 Å². The first-order chi connectivity index (χ1) is 14.2. The fraction of sp³-hybridized carbons (Fsp3) is 0.0385. The molecule has 1 aromatic heterocycles. The minimum Gasteiger partial charge on any atom is -0.507 e. The van der Waals surface area contributed by atoms with Crippen molar-refractivity contribution < 1.29 is 5.11 Å². The number of aryl methyl sites for hydroxylation is 1. The maximum Gasteiger partial charge on any atom is 0.144 e. The molecule has 1 heterocycles. The minimum absolute atomic E-state index is 0.228. The van der Waals surface area contributed by atoms with Gasteiger partial charge in [-0.15, -0.1) is 0 Å². The molecular weight excluding hydrogens is 356 g/mol. The summed E-state index contributed by atoms with van der Waals surface area (Å²) >= 11 is 0. The van der Waals surface area contributed by atoms with Crippen molar-refractivity contribution in [2.45, 2.75) is 0 Å². The second-order valence-electron chi connectivity index (χ2n) is 7.16. The van der Waals surface area contributed by atoms with Gasteiger partial charge in [-0.2, -0.15) is 0 Å². The molecule has 0 unspecified atom stereocenters. The zero-order chi connectivity index (χ0) is 19.8. The number of aromatic hydroxyl groups is 1. The van der Waals surface area contributed by atoms with Crippen LogP contribution in [0.25, 0.3) is 44.7 Å². The Morgan fingerprint density at radius 3 is 1.90 bits per heavy atom. The van der Waals surface area contributed by atoms with Gasteiger partial charge in [-0.05, 0) is 46.5 Å². The smallest absolute Gasteiger partial charge is 0.144 e. The van der Waals surface area contributed by atoms with Crippen LogP contribution >= 0.6 is 0 Å². The van der Waals surface area contributed by atoms with E-state index in [-0.39, 0.29) is 5.75 Å². The lowest BCUT2D eigenvalue weighted by Crippen LogP contribution is -1.93. The van der Waals surface area contributed by atoms with E-state index in [0.29, 0.717) is 0 Å². The molecule has 5 rings (SSSR count). The van der Waals surface area contributed by atoms with Crippen LogP contribution in [0.1, 0.15) is 0 Å². The lowest BCUT2D eigenvalue weighted by molar-refractivity contribution is 0.476. The number of fused-ring (bicyclic) bond motifs is 1. The summed E-state index contributed by atoms with van der Waals surface area (Å²) in [5.74, 6) is 0.979. The molecule has 5 aromatic rings. The van der Waals surface area contributed by atoms with Gasteiger partial charge in [0.15, 0.2) is 0 Å². The Labute approximate surface area is 169 Å². The summed E-state index contributed by atoms with van der Waals surface area (Å²) in [4.78, 5) is 4.82. The van der Waals surface area contributed by atoms with E-state index in [2.05, 4.69) is 36.4 Å². The Morgan fingerprint density at radius 2 is 1.24 bits per heavy atom. The second kappa shape index (κ2) is 6.95. The maximum absolute atomic E-state index is 10.6. The summed E-state index contributed by atoms with van der Waals surface area (Å²) < 4.78 is 2.05. The van der Waals surface area contributed by atoms with Crippen LogP contribution in [0.2, 0.25) is 0 Å². The zero-order valence-electron chi connectivity index (χ0n) is 16.1. The van der Waals surface area contributed by atoms with Crippen molar-refractivity contribution in [3.63, 3.8) is 0 Å². The van der Waals surface area contributed by atoms with E-state index in [1.807, 2.05) is 66.2 Å². The third kappa shape index (κ3) is 3.07. The molecule has 29 heavy (non-hydrogen) atoms. The average molecular weight is 376 g/mol. The van der Waals surface area contributed by atoms with Gasteiger partial charge in [0.2, 0.25) is 0 Å². The Bertz CT molecular complexity index is 1310. The summed E-state index contributed by atoms with van der Waals surface area (Å²) in [5, 5.41) is 10.6. The first-order valence-electron chi connectivity index (χ1n) is 9.61. The molecule has 140 valence electrons. The Kier molecular flexibility index (Phi) is 4.14. The highest BCUT2D eigenvalue weighted by Gasteiger charge is 2.15. The van der Waals surface area contributed by atoms with E-state index in [9.17, 15) is 5.11 Å². The minimum atomic E-state index is 0.228. The van der Waals surface area contributed by atoms with E-state index in [0.717, 1.165) is 39.1 Å². The van der Waals surface area contributed by atoms with E-state index in [1.165, 1.54) is 5.56 Å². The van der Waals surface area contributed by atoms with Crippen LogP contribution in [0.3, 0.4) is 0 Å². The maximum atomic E-state index is 10.6. The number of rotatable bonds is 3. The van der Waals surface area contributed by atoms with Crippen molar-refractivity contribution in [1.82, 2.24) is 9.55 Å². The standard InChI is InChI=1S/C26H20N2O/c1-28-24-17-21(19-10-6-3-7-11-19)12-14-23(24)27-26(28)22-16-20(13-15-25(22)29)18-8-4-2-5-9-18/h2-17,29H,1H3. The van der Waals surface area contributed by atoms with Crippen LogP contribution < -0.4 is 0 Å². The molecule has 0 aliphatic carbocycles. The fourth-order valence-electron chi connectivity index (χ4n) is 3.77. The third-order valence-corrected chi connectivity index (χ3v) is 5.33. The lowest BCUT2D eigenvalue weighted by Gasteiger charge is -2.09. The second-order valence-corrected chi connectivity index (χ2v) is 7.16. The molecule has 0 bridgehead atoms. The normalized spacial score (nSPS) is 11.1. The van der Waals surface area contributed by atoms with Crippen LogP contribution in [0.15, 0.2) is 97.1 Å². The molecule has 0 fully saturated rings. The number of benzene rings is 4. The van der Waals surface area contributed by atoms with Crippen LogP contribution in [-0.4, -0.2) is 14.7 Å². The predicted molar refractivity (Wildman–Crippen MR) is 119 cm³/mol. The third-order valence-electron chi connectivity index (χ3n) is 5.33. The van der Waals surface area contributed by atoms with Gasteiger partial charge in [-0.3, -0.25) is 0 Å². The van der Waals surface area contributed by atoms with Gasteiger partial charge in [-0.25, -0.2) is 4.98 Å². The lowest BCUT2D eigenvalue weighted by atomic mass is 10.0. The molecule has 0 saturated carbocycles. The number of phenols is 1. The summed E-state index contributed by atoms with van der Waals surface area (Å²) in [6.45, 7) is 0. The molecule has 0 aliphatic rings. The molecule has 1 N–H and O–H groups in total. The Morgan fingerprint density at radius 1 is 0.655 bits per heavy atom. The monoisotopic (exact) mass is 376 g/mol. The largest absolute Gasteiger partial charge is 0.507 e. The molecule has 0 radical (unpaired) electrons. The molecule has 0 atom stereocenters. The molecule has 4 aromatic carbocycles. The SMILES string of the molecule is Cn1c(-c2cc(-c3ccccc3)ccc2O)nc2ccc(-c3ccccc3)cc21. The molecule has 0 amide bonds. The summed E-state index contributed by atoms with van der Waals surface area (Å²) in [5.41, 5.74) is 7.15. The van der Waals surface area contributed by atoms with Crippen molar-refractivity contribution in [3.8, 4) is 39.4 Å². The number of imidazole rings is 1. The van der Waals surface area contributed by atoms with Crippen molar-refractivity contribution >= 4 is 11.0 Å². The number of hydrogen-bond acceptors (Lipinski definition) is 2. The van der Waals surface area contributed by atoms with Crippen LogP contribution in [0.5, 0.6) is 5.75 Å². The molecular formula is C26H20N2O. The predicted octanol–water partition coefficient (Wildman–Crippen LogP) is 6.28. The fourth-order valence-corrected chi connectivity index (χ4v) is 3.77. The van der Waals surface area contributed by atoms with E-state index in [1.54, 1.807) is 6.07 Å². The van der Waals surface area contributed by atoms with Crippen molar-refractivity contribution in [2.75, 3.05) is 0 Å². The molecule has 0 saturated heterocycles. The molecule has 3 heteroatoms. The van der Waals surface area contributed by atoms with Crippen molar-refractivity contribution in [1.29, 1.82) is 0 Å². The molecule has 0 aliphatic heterocycles. The van der Waals surface area contributed by atoms with Gasteiger partial charge in [0.25, 0.3) is 0 Å². The van der Waals surface area contributed by atoms with Crippen LogP contribution in [-0.2, 0) is 7.05 Å². The van der Waals surface area contributed by atoms with Gasteiger partial charge < -0.3 is 9.67 Å². The van der Waals surface area contributed by atoms with E-state index >= 15 is 0 Å². The summed E-state index contributed by atoms with van der Waals surface area (Å²) in [6.07, 6.45) is 0. The van der Waals surface area contributed by atoms with E-state index < -0.39 is 0 Å². The van der Waals surface area contributed by atoms with Crippen LogP contribution in [0.4, 0.5) is 0 Å². The van der Waals surface area contributed by atoms with E-state index in [4.69, 9.17) is 4.98 Å². The van der Waals surface area contributed by atoms with Gasteiger partial charge in [-0.1, -0.05) is 72.8 Å². The summed E-state index contributed by atoms with van der Waals surface area (Å²) in [6, 6.07) is 32.4. The number of nitrogens with zero attached hydrogens (tertiary/aromatic N) is 2. The quantitative estimate of drug-likeness (QED) is 0.402. The van der Waals surface area contributed by atoms with Gasteiger partial charge in [0, 0.05) is 7.05 Å². The Hall–Kier alpha value is -3.85. The molecule has 3 nitrogen and oxygen atoms in total. The van der Waals surface area contributed by atoms with Crippen molar-refractivity contribution in [2.24, 2.45) is 7.05 Å². The van der Waals surface area contributed by atoms with Crippen molar-refractivity contribution in [3.05, 3.63) is 97.1 Å². The first-order valence-corrected chi connectivity index (χ1v) is 9.61. The summed E-state index contributed by atoms with van der Waals surface area (Å²) in [7, 11) is 1.99. The highest BCUT2D eigenvalue weighted by molar-refractivity contribution is 5.87. The molecule has 0 spiro atoms. The number of phenolic OH excluding ortho intramolecular Hbond substituents is 1.